The molecule has 2 atom stereocenters. The van der Waals surface area contributed by atoms with Crippen molar-refractivity contribution in [1.29, 1.82) is 0 Å². The maximum absolute atomic E-state index is 12.7. The van der Waals surface area contributed by atoms with Crippen LogP contribution in [-0.2, 0) is 9.59 Å². The number of benzene rings is 2. The second kappa shape index (κ2) is 8.13. The summed E-state index contributed by atoms with van der Waals surface area (Å²) < 4.78 is 5.70. The van der Waals surface area contributed by atoms with E-state index >= 15 is 0 Å². The number of halogens is 1. The molecule has 27 heavy (non-hydrogen) atoms. The number of esters is 1. The SMILES string of the molecule is CC[C@@H](C)c1ccccc1OC(=O)[C@@H]1CC(=O)N(c2cccc(Cl)c2C)C1. The number of para-hydroxylation sites is 1. The third-order valence-electron chi connectivity index (χ3n) is 5.26. The summed E-state index contributed by atoms with van der Waals surface area (Å²) in [5.41, 5.74) is 2.60. The van der Waals surface area contributed by atoms with Gasteiger partial charge in [0.25, 0.3) is 0 Å². The minimum atomic E-state index is -0.485. The third-order valence-corrected chi connectivity index (χ3v) is 5.67. The van der Waals surface area contributed by atoms with E-state index in [2.05, 4.69) is 13.8 Å². The van der Waals surface area contributed by atoms with E-state index < -0.39 is 5.92 Å². The van der Waals surface area contributed by atoms with E-state index in [1.54, 1.807) is 11.0 Å². The first kappa shape index (κ1) is 19.4. The zero-order valence-electron chi connectivity index (χ0n) is 15.9. The molecule has 1 amide bonds. The van der Waals surface area contributed by atoms with E-state index in [9.17, 15) is 9.59 Å². The first-order valence-electron chi connectivity index (χ1n) is 9.28. The molecule has 1 heterocycles. The molecule has 0 spiro atoms. The minimum absolute atomic E-state index is 0.0856. The maximum atomic E-state index is 12.7. The number of nitrogens with zero attached hydrogens (tertiary/aromatic N) is 1. The van der Waals surface area contributed by atoms with Crippen molar-refractivity contribution >= 4 is 29.2 Å². The molecular formula is C22H24ClNO3. The Labute approximate surface area is 165 Å². The molecule has 1 aliphatic heterocycles. The fourth-order valence-corrected chi connectivity index (χ4v) is 3.55. The number of rotatable bonds is 5. The van der Waals surface area contributed by atoms with Crippen LogP contribution in [0.4, 0.5) is 5.69 Å². The van der Waals surface area contributed by atoms with Crippen LogP contribution in [0.1, 0.15) is 43.7 Å². The smallest absolute Gasteiger partial charge is 0.316 e. The Morgan fingerprint density at radius 1 is 1.26 bits per heavy atom. The van der Waals surface area contributed by atoms with Crippen LogP contribution in [0.25, 0.3) is 0 Å². The van der Waals surface area contributed by atoms with Crippen molar-refractivity contribution < 1.29 is 14.3 Å². The van der Waals surface area contributed by atoms with Crippen molar-refractivity contribution in [2.75, 3.05) is 11.4 Å². The summed E-state index contributed by atoms with van der Waals surface area (Å²) in [6, 6.07) is 13.1. The average molecular weight is 386 g/mol. The van der Waals surface area contributed by atoms with Crippen molar-refractivity contribution in [3.05, 3.63) is 58.6 Å². The summed E-state index contributed by atoms with van der Waals surface area (Å²) in [4.78, 5) is 26.9. The second-order valence-electron chi connectivity index (χ2n) is 7.06. The highest BCUT2D eigenvalue weighted by Gasteiger charge is 2.37. The molecule has 0 aromatic heterocycles. The molecule has 1 fully saturated rings. The van der Waals surface area contributed by atoms with Crippen LogP contribution in [0.2, 0.25) is 5.02 Å². The number of anilines is 1. The lowest BCUT2D eigenvalue weighted by Crippen LogP contribution is -2.28. The van der Waals surface area contributed by atoms with Gasteiger partial charge in [-0.3, -0.25) is 9.59 Å². The van der Waals surface area contributed by atoms with Crippen LogP contribution in [0.3, 0.4) is 0 Å². The van der Waals surface area contributed by atoms with Gasteiger partial charge in [-0.05, 0) is 48.6 Å². The lowest BCUT2D eigenvalue weighted by molar-refractivity contribution is -0.139. The molecule has 1 saturated heterocycles. The predicted octanol–water partition coefficient (Wildman–Crippen LogP) is 5.12. The number of hydrogen-bond donors (Lipinski definition) is 0. The molecule has 2 aromatic carbocycles. The fraction of sp³-hybridized carbons (Fsp3) is 0.364. The standard InChI is InChI=1S/C22H24ClNO3/c1-4-14(2)17-8-5-6-11-20(17)27-22(26)16-12-21(25)24(13-16)19-10-7-9-18(23)15(19)3/h5-11,14,16H,4,12-13H2,1-3H3/t14-,16-/m1/s1. The highest BCUT2D eigenvalue weighted by Crippen LogP contribution is 2.33. The van der Waals surface area contributed by atoms with Crippen LogP contribution >= 0.6 is 11.6 Å². The van der Waals surface area contributed by atoms with Crippen molar-refractivity contribution in [3.8, 4) is 5.75 Å². The van der Waals surface area contributed by atoms with E-state index in [1.807, 2.05) is 43.3 Å². The van der Waals surface area contributed by atoms with Gasteiger partial charge in [0.15, 0.2) is 0 Å². The van der Waals surface area contributed by atoms with Crippen LogP contribution in [-0.4, -0.2) is 18.4 Å². The van der Waals surface area contributed by atoms with E-state index in [4.69, 9.17) is 16.3 Å². The molecule has 0 saturated carbocycles. The number of hydrogen-bond acceptors (Lipinski definition) is 3. The molecule has 0 unspecified atom stereocenters. The third kappa shape index (κ3) is 4.01. The van der Waals surface area contributed by atoms with Crippen molar-refractivity contribution in [2.45, 2.75) is 39.5 Å². The average Bonchev–Trinajstić information content (AvgIpc) is 3.05. The molecule has 0 N–H and O–H groups in total. The molecule has 3 rings (SSSR count). The van der Waals surface area contributed by atoms with Crippen LogP contribution in [0.15, 0.2) is 42.5 Å². The first-order chi connectivity index (χ1) is 12.9. The summed E-state index contributed by atoms with van der Waals surface area (Å²) in [6.45, 7) is 6.39. The molecule has 5 heteroatoms. The largest absolute Gasteiger partial charge is 0.426 e. The van der Waals surface area contributed by atoms with E-state index in [1.165, 1.54) is 0 Å². The summed E-state index contributed by atoms with van der Waals surface area (Å²) in [5, 5.41) is 0.605. The molecule has 0 radical (unpaired) electrons. The maximum Gasteiger partial charge on any atom is 0.316 e. The molecule has 1 aliphatic rings. The Morgan fingerprint density at radius 3 is 2.74 bits per heavy atom. The predicted molar refractivity (Wildman–Crippen MR) is 107 cm³/mol. The van der Waals surface area contributed by atoms with Crippen LogP contribution in [0.5, 0.6) is 5.75 Å². The minimum Gasteiger partial charge on any atom is -0.426 e. The van der Waals surface area contributed by atoms with Gasteiger partial charge in [-0.25, -0.2) is 0 Å². The van der Waals surface area contributed by atoms with Gasteiger partial charge in [0, 0.05) is 23.7 Å². The monoisotopic (exact) mass is 385 g/mol. The number of ether oxygens (including phenoxy) is 1. The summed E-state index contributed by atoms with van der Waals surface area (Å²) in [7, 11) is 0. The normalized spacial score (nSPS) is 17.9. The molecule has 2 aromatic rings. The van der Waals surface area contributed by atoms with Gasteiger partial charge in [0.2, 0.25) is 5.91 Å². The van der Waals surface area contributed by atoms with E-state index in [0.717, 1.165) is 23.2 Å². The first-order valence-corrected chi connectivity index (χ1v) is 9.66. The lowest BCUT2D eigenvalue weighted by atomic mass is 9.98. The number of carbonyl (C=O) groups is 2. The Kier molecular flexibility index (Phi) is 5.85. The Morgan fingerprint density at radius 2 is 2.00 bits per heavy atom. The molecular weight excluding hydrogens is 362 g/mol. The van der Waals surface area contributed by atoms with Crippen LogP contribution in [0, 0.1) is 12.8 Å². The van der Waals surface area contributed by atoms with Gasteiger partial charge in [-0.2, -0.15) is 0 Å². The fourth-order valence-electron chi connectivity index (χ4n) is 3.38. The van der Waals surface area contributed by atoms with Gasteiger partial charge in [0.1, 0.15) is 5.75 Å². The second-order valence-corrected chi connectivity index (χ2v) is 7.46. The number of carbonyl (C=O) groups excluding carboxylic acids is 2. The van der Waals surface area contributed by atoms with Gasteiger partial charge in [0.05, 0.1) is 5.92 Å². The Hall–Kier alpha value is -2.33. The Bertz CT molecular complexity index is 864. The van der Waals surface area contributed by atoms with E-state index in [0.29, 0.717) is 23.2 Å². The topological polar surface area (TPSA) is 46.6 Å². The quantitative estimate of drug-likeness (QED) is 0.530. The van der Waals surface area contributed by atoms with E-state index in [-0.39, 0.29) is 18.3 Å². The highest BCUT2D eigenvalue weighted by atomic mass is 35.5. The van der Waals surface area contributed by atoms with Crippen molar-refractivity contribution in [3.63, 3.8) is 0 Å². The van der Waals surface area contributed by atoms with Gasteiger partial charge in [-0.15, -0.1) is 0 Å². The van der Waals surface area contributed by atoms with Gasteiger partial charge in [-0.1, -0.05) is 49.7 Å². The van der Waals surface area contributed by atoms with Crippen molar-refractivity contribution in [2.24, 2.45) is 5.92 Å². The zero-order chi connectivity index (χ0) is 19.6. The van der Waals surface area contributed by atoms with Crippen LogP contribution < -0.4 is 9.64 Å². The summed E-state index contributed by atoms with van der Waals surface area (Å²) >= 11 is 6.18. The number of amides is 1. The molecule has 0 bridgehead atoms. The summed E-state index contributed by atoms with van der Waals surface area (Å²) in [6.07, 6.45) is 1.11. The highest BCUT2D eigenvalue weighted by molar-refractivity contribution is 6.31. The van der Waals surface area contributed by atoms with Gasteiger partial charge < -0.3 is 9.64 Å². The molecule has 4 nitrogen and oxygen atoms in total. The summed E-state index contributed by atoms with van der Waals surface area (Å²) in [5.74, 6) is -0.0498. The zero-order valence-corrected chi connectivity index (χ0v) is 16.6. The molecule has 0 aliphatic carbocycles. The molecule has 142 valence electrons. The lowest BCUT2D eigenvalue weighted by Gasteiger charge is -2.20. The van der Waals surface area contributed by atoms with Crippen molar-refractivity contribution in [1.82, 2.24) is 0 Å². The Balaban J connectivity index is 1.76. The van der Waals surface area contributed by atoms with Gasteiger partial charge >= 0.3 is 5.97 Å².